The number of benzene rings is 1. The number of alkyl halides is 3. The highest BCUT2D eigenvalue weighted by atomic mass is 79.9. The number of hydrogen-bond acceptors (Lipinski definition) is 2. The first-order chi connectivity index (χ1) is 9.74. The maximum Gasteiger partial charge on any atom is 0.405 e. The first kappa shape index (κ1) is 18.3. The zero-order valence-electron chi connectivity index (χ0n) is 12.6. The third-order valence-corrected chi connectivity index (χ3v) is 3.82. The summed E-state index contributed by atoms with van der Waals surface area (Å²) in [5, 5.41) is 3.28. The van der Waals surface area contributed by atoms with E-state index in [0.29, 0.717) is 12.2 Å². The molecule has 0 heterocycles. The highest BCUT2D eigenvalue weighted by molar-refractivity contribution is 9.10. The molecule has 0 aliphatic carbocycles. The van der Waals surface area contributed by atoms with Crippen LogP contribution in [0.25, 0.3) is 0 Å². The molecule has 0 radical (unpaired) electrons. The lowest BCUT2D eigenvalue weighted by Gasteiger charge is -2.30. The van der Waals surface area contributed by atoms with Gasteiger partial charge in [0.25, 0.3) is 0 Å². The van der Waals surface area contributed by atoms with Gasteiger partial charge in [-0.2, -0.15) is 13.2 Å². The third-order valence-electron chi connectivity index (χ3n) is 3.08. The lowest BCUT2D eigenvalue weighted by molar-refractivity contribution is -0.120. The molecule has 0 saturated heterocycles. The molecule has 0 spiro atoms. The Labute approximate surface area is 132 Å². The summed E-state index contributed by atoms with van der Waals surface area (Å²) in [6.45, 7) is 6.29. The third kappa shape index (κ3) is 6.26. The Morgan fingerprint density at radius 2 is 1.95 bits per heavy atom. The van der Waals surface area contributed by atoms with Crippen molar-refractivity contribution in [2.45, 2.75) is 46.0 Å². The van der Waals surface area contributed by atoms with E-state index in [4.69, 9.17) is 0 Å². The van der Waals surface area contributed by atoms with Crippen LogP contribution < -0.4 is 10.2 Å². The number of halogens is 4. The summed E-state index contributed by atoms with van der Waals surface area (Å²) in [5.74, 6) is 0. The average molecular weight is 367 g/mol. The molecule has 1 aromatic rings. The van der Waals surface area contributed by atoms with E-state index in [1.54, 1.807) is 26.0 Å². The fraction of sp³-hybridized carbons (Fsp3) is 0.600. The van der Waals surface area contributed by atoms with E-state index in [0.717, 1.165) is 23.0 Å². The molecule has 120 valence electrons. The maximum atomic E-state index is 12.7. The van der Waals surface area contributed by atoms with Gasteiger partial charge in [0.2, 0.25) is 0 Å². The Kier molecular flexibility index (Phi) is 7.00. The van der Waals surface area contributed by atoms with Crippen molar-refractivity contribution in [2.75, 3.05) is 18.0 Å². The molecule has 1 rings (SSSR count). The highest BCUT2D eigenvalue weighted by Gasteiger charge is 2.32. The minimum absolute atomic E-state index is 0.220. The topological polar surface area (TPSA) is 15.3 Å². The number of anilines is 1. The molecule has 6 heteroatoms. The minimum Gasteiger partial charge on any atom is -0.360 e. The highest BCUT2D eigenvalue weighted by Crippen LogP contribution is 2.28. The molecule has 0 aliphatic heterocycles. The molecule has 0 amide bonds. The van der Waals surface area contributed by atoms with Gasteiger partial charge in [-0.1, -0.05) is 28.9 Å². The quantitative estimate of drug-likeness (QED) is 0.702. The Bertz CT molecular complexity index is 447. The number of rotatable bonds is 7. The van der Waals surface area contributed by atoms with Gasteiger partial charge in [0.15, 0.2) is 0 Å². The van der Waals surface area contributed by atoms with Gasteiger partial charge in [0.1, 0.15) is 6.54 Å². The van der Waals surface area contributed by atoms with Crippen molar-refractivity contribution in [1.29, 1.82) is 0 Å². The molecule has 1 aromatic carbocycles. The summed E-state index contributed by atoms with van der Waals surface area (Å²) in [5.41, 5.74) is 1.62. The van der Waals surface area contributed by atoms with Crippen molar-refractivity contribution >= 4 is 21.6 Å². The number of hydrogen-bond donors (Lipinski definition) is 1. The van der Waals surface area contributed by atoms with Crippen LogP contribution >= 0.6 is 15.9 Å². The SMILES string of the molecule is CCCNCc1ccc(N(CC(F)(F)F)C(C)C)cc1Br. The van der Waals surface area contributed by atoms with Crippen LogP contribution in [0.1, 0.15) is 32.8 Å². The summed E-state index contributed by atoms with van der Waals surface area (Å²) < 4.78 is 38.9. The van der Waals surface area contributed by atoms with Gasteiger partial charge in [-0.15, -0.1) is 0 Å². The predicted molar refractivity (Wildman–Crippen MR) is 84.7 cm³/mol. The fourth-order valence-electron chi connectivity index (χ4n) is 2.02. The molecule has 1 N–H and O–H groups in total. The minimum atomic E-state index is -4.21. The Morgan fingerprint density at radius 1 is 1.29 bits per heavy atom. The average Bonchev–Trinajstić information content (AvgIpc) is 2.37. The van der Waals surface area contributed by atoms with Crippen molar-refractivity contribution in [3.8, 4) is 0 Å². The fourth-order valence-corrected chi connectivity index (χ4v) is 2.53. The van der Waals surface area contributed by atoms with Crippen LogP contribution in [-0.4, -0.2) is 25.3 Å². The molecule has 0 fully saturated rings. The van der Waals surface area contributed by atoms with Crippen molar-refractivity contribution in [3.05, 3.63) is 28.2 Å². The molecule has 0 aromatic heterocycles. The van der Waals surface area contributed by atoms with Crippen LogP contribution in [0.2, 0.25) is 0 Å². The van der Waals surface area contributed by atoms with Crippen LogP contribution in [0.5, 0.6) is 0 Å². The first-order valence-electron chi connectivity index (χ1n) is 7.07. The maximum absolute atomic E-state index is 12.7. The van der Waals surface area contributed by atoms with E-state index in [2.05, 4.69) is 28.2 Å². The zero-order valence-corrected chi connectivity index (χ0v) is 14.2. The molecule has 0 saturated carbocycles. The van der Waals surface area contributed by atoms with Gasteiger partial charge in [-0.25, -0.2) is 0 Å². The standard InChI is InChI=1S/C15H22BrF3N2/c1-4-7-20-9-12-5-6-13(8-14(12)16)21(11(2)3)10-15(17,18)19/h5-6,8,11,20H,4,7,9-10H2,1-3H3. The monoisotopic (exact) mass is 366 g/mol. The van der Waals surface area contributed by atoms with E-state index >= 15 is 0 Å². The number of nitrogens with zero attached hydrogens (tertiary/aromatic N) is 1. The molecule has 0 aliphatic rings. The molecule has 0 unspecified atom stereocenters. The normalized spacial score (nSPS) is 12.0. The molecule has 0 atom stereocenters. The van der Waals surface area contributed by atoms with Crippen LogP contribution in [0.3, 0.4) is 0 Å². The molecular weight excluding hydrogens is 345 g/mol. The van der Waals surface area contributed by atoms with Gasteiger partial charge < -0.3 is 10.2 Å². The smallest absolute Gasteiger partial charge is 0.360 e. The van der Waals surface area contributed by atoms with Crippen molar-refractivity contribution < 1.29 is 13.2 Å². The van der Waals surface area contributed by atoms with Crippen molar-refractivity contribution in [2.24, 2.45) is 0 Å². The van der Waals surface area contributed by atoms with Gasteiger partial charge in [0.05, 0.1) is 0 Å². The summed E-state index contributed by atoms with van der Waals surface area (Å²) in [7, 11) is 0. The van der Waals surface area contributed by atoms with Crippen molar-refractivity contribution in [1.82, 2.24) is 5.32 Å². The van der Waals surface area contributed by atoms with Gasteiger partial charge in [-0.05, 0) is 44.5 Å². The Morgan fingerprint density at radius 3 is 2.43 bits per heavy atom. The van der Waals surface area contributed by atoms with Crippen LogP contribution in [0.4, 0.5) is 18.9 Å². The van der Waals surface area contributed by atoms with E-state index in [1.807, 2.05) is 6.07 Å². The van der Waals surface area contributed by atoms with E-state index < -0.39 is 12.7 Å². The number of nitrogens with one attached hydrogen (secondary N) is 1. The molecule has 2 nitrogen and oxygen atoms in total. The lowest BCUT2D eigenvalue weighted by Crippen LogP contribution is -2.39. The van der Waals surface area contributed by atoms with Crippen LogP contribution in [0, 0.1) is 0 Å². The molecule has 0 bridgehead atoms. The largest absolute Gasteiger partial charge is 0.405 e. The van der Waals surface area contributed by atoms with Gasteiger partial charge >= 0.3 is 6.18 Å². The predicted octanol–water partition coefficient (Wildman–Crippen LogP) is 4.73. The summed E-state index contributed by atoms with van der Waals surface area (Å²) >= 11 is 3.45. The summed E-state index contributed by atoms with van der Waals surface area (Å²) in [6.07, 6.45) is -3.17. The van der Waals surface area contributed by atoms with Gasteiger partial charge in [-0.3, -0.25) is 0 Å². The van der Waals surface area contributed by atoms with Crippen LogP contribution in [-0.2, 0) is 6.54 Å². The molecule has 21 heavy (non-hydrogen) atoms. The summed E-state index contributed by atoms with van der Waals surface area (Å²) in [6, 6.07) is 5.16. The summed E-state index contributed by atoms with van der Waals surface area (Å²) in [4.78, 5) is 1.36. The second-order valence-corrected chi connectivity index (χ2v) is 6.14. The van der Waals surface area contributed by atoms with Gasteiger partial charge in [0, 0.05) is 22.7 Å². The van der Waals surface area contributed by atoms with E-state index in [1.165, 1.54) is 4.90 Å². The second kappa shape index (κ2) is 8.03. The van der Waals surface area contributed by atoms with Crippen molar-refractivity contribution in [3.63, 3.8) is 0 Å². The zero-order chi connectivity index (χ0) is 16.0. The molecular formula is C15H22BrF3N2. The second-order valence-electron chi connectivity index (χ2n) is 5.29. The lowest BCUT2D eigenvalue weighted by atomic mass is 10.1. The van der Waals surface area contributed by atoms with E-state index in [9.17, 15) is 13.2 Å². The Hall–Kier alpha value is -0.750. The first-order valence-corrected chi connectivity index (χ1v) is 7.86. The van der Waals surface area contributed by atoms with E-state index in [-0.39, 0.29) is 6.04 Å². The van der Waals surface area contributed by atoms with Crippen LogP contribution in [0.15, 0.2) is 22.7 Å². The Balaban J connectivity index is 2.88.